The standard InChI is InChI=1S/C20H27N5O3/c1-2-17-22-19(28-23-17)10-6-9-18(26)21-15-20(27)25-13-11-24(12-14-25)16-7-4-3-5-8-16/h3-5,7-8H,2,6,9-15H2,1H3,(H,21,26). The molecule has 8 nitrogen and oxygen atoms in total. The van der Waals surface area contributed by atoms with E-state index >= 15 is 0 Å². The average molecular weight is 385 g/mol. The van der Waals surface area contributed by atoms with E-state index in [1.54, 1.807) is 0 Å². The summed E-state index contributed by atoms with van der Waals surface area (Å²) in [5, 5.41) is 6.54. The number of hydrogen-bond donors (Lipinski definition) is 1. The van der Waals surface area contributed by atoms with Crippen molar-refractivity contribution in [1.29, 1.82) is 0 Å². The van der Waals surface area contributed by atoms with Gasteiger partial charge in [0.25, 0.3) is 0 Å². The van der Waals surface area contributed by atoms with Crippen LogP contribution in [0.4, 0.5) is 5.69 Å². The van der Waals surface area contributed by atoms with Gasteiger partial charge in [0.15, 0.2) is 5.82 Å². The zero-order chi connectivity index (χ0) is 19.8. The predicted octanol–water partition coefficient (Wildman–Crippen LogP) is 1.42. The fourth-order valence-electron chi connectivity index (χ4n) is 3.16. The lowest BCUT2D eigenvalue weighted by atomic mass is 10.2. The number of anilines is 1. The normalized spacial score (nSPS) is 14.2. The molecule has 0 atom stereocenters. The first-order valence-corrected chi connectivity index (χ1v) is 9.81. The molecule has 1 saturated heterocycles. The Morgan fingerprint density at radius 1 is 1.14 bits per heavy atom. The number of rotatable bonds is 8. The van der Waals surface area contributed by atoms with Gasteiger partial charge in [-0.3, -0.25) is 9.59 Å². The summed E-state index contributed by atoms with van der Waals surface area (Å²) in [6, 6.07) is 10.2. The fourth-order valence-corrected chi connectivity index (χ4v) is 3.16. The lowest BCUT2D eigenvalue weighted by Crippen LogP contribution is -2.51. The maximum absolute atomic E-state index is 12.3. The minimum Gasteiger partial charge on any atom is -0.368 e. The van der Waals surface area contributed by atoms with Crippen LogP contribution >= 0.6 is 0 Å². The topological polar surface area (TPSA) is 91.6 Å². The molecule has 2 heterocycles. The molecule has 0 radical (unpaired) electrons. The Kier molecular flexibility index (Phi) is 7.00. The molecule has 1 aromatic carbocycles. The molecule has 28 heavy (non-hydrogen) atoms. The van der Waals surface area contributed by atoms with Crippen molar-refractivity contribution in [2.75, 3.05) is 37.6 Å². The van der Waals surface area contributed by atoms with Gasteiger partial charge in [-0.15, -0.1) is 0 Å². The summed E-state index contributed by atoms with van der Waals surface area (Å²) in [6.07, 6.45) is 2.24. The molecule has 3 rings (SSSR count). The van der Waals surface area contributed by atoms with E-state index in [0.717, 1.165) is 19.5 Å². The number of benzene rings is 1. The Morgan fingerprint density at radius 3 is 2.57 bits per heavy atom. The van der Waals surface area contributed by atoms with Crippen LogP contribution in [0.1, 0.15) is 31.5 Å². The van der Waals surface area contributed by atoms with E-state index in [1.165, 1.54) is 5.69 Å². The first-order valence-electron chi connectivity index (χ1n) is 9.81. The highest BCUT2D eigenvalue weighted by atomic mass is 16.5. The zero-order valence-electron chi connectivity index (χ0n) is 16.3. The SMILES string of the molecule is CCc1noc(CCCC(=O)NCC(=O)N2CCN(c3ccccc3)CC2)n1. The molecule has 1 fully saturated rings. The van der Waals surface area contributed by atoms with Crippen LogP contribution < -0.4 is 10.2 Å². The third-order valence-electron chi connectivity index (χ3n) is 4.81. The molecule has 2 amide bonds. The third kappa shape index (κ3) is 5.55. The molecule has 0 bridgehead atoms. The Morgan fingerprint density at radius 2 is 1.89 bits per heavy atom. The minimum absolute atomic E-state index is 0.0365. The van der Waals surface area contributed by atoms with Crippen molar-refractivity contribution in [3.63, 3.8) is 0 Å². The highest BCUT2D eigenvalue weighted by Crippen LogP contribution is 2.15. The molecular weight excluding hydrogens is 358 g/mol. The van der Waals surface area contributed by atoms with Gasteiger partial charge in [-0.1, -0.05) is 30.3 Å². The molecule has 8 heteroatoms. The van der Waals surface area contributed by atoms with Gasteiger partial charge in [0.1, 0.15) is 0 Å². The number of carbonyl (C=O) groups is 2. The lowest BCUT2D eigenvalue weighted by molar-refractivity contribution is -0.133. The number of aryl methyl sites for hydroxylation is 2. The lowest BCUT2D eigenvalue weighted by Gasteiger charge is -2.36. The second kappa shape index (κ2) is 9.87. The number of nitrogens with one attached hydrogen (secondary N) is 1. The Balaban J connectivity index is 1.32. The van der Waals surface area contributed by atoms with Crippen molar-refractivity contribution in [1.82, 2.24) is 20.4 Å². The summed E-state index contributed by atoms with van der Waals surface area (Å²) in [6.45, 7) is 4.94. The van der Waals surface area contributed by atoms with E-state index in [4.69, 9.17) is 4.52 Å². The van der Waals surface area contributed by atoms with Crippen LogP contribution in [0.5, 0.6) is 0 Å². The summed E-state index contributed by atoms with van der Waals surface area (Å²) < 4.78 is 5.10. The van der Waals surface area contributed by atoms with Gasteiger partial charge in [0, 0.05) is 51.1 Å². The summed E-state index contributed by atoms with van der Waals surface area (Å²) in [7, 11) is 0. The zero-order valence-corrected chi connectivity index (χ0v) is 16.3. The number of para-hydroxylation sites is 1. The van der Waals surface area contributed by atoms with E-state index in [0.29, 0.717) is 44.1 Å². The van der Waals surface area contributed by atoms with Gasteiger partial charge in [-0.05, 0) is 18.6 Å². The molecule has 0 aliphatic carbocycles. The van der Waals surface area contributed by atoms with Crippen LogP contribution in [-0.2, 0) is 22.4 Å². The quantitative estimate of drug-likeness (QED) is 0.739. The minimum atomic E-state index is -0.133. The van der Waals surface area contributed by atoms with Gasteiger partial charge in [0.2, 0.25) is 17.7 Å². The Bertz CT molecular complexity index is 769. The number of carbonyl (C=O) groups excluding carboxylic acids is 2. The molecule has 0 saturated carbocycles. The van der Waals surface area contributed by atoms with Gasteiger partial charge < -0.3 is 19.6 Å². The van der Waals surface area contributed by atoms with E-state index in [1.807, 2.05) is 30.0 Å². The Hall–Kier alpha value is -2.90. The fraction of sp³-hybridized carbons (Fsp3) is 0.500. The van der Waals surface area contributed by atoms with Crippen molar-refractivity contribution < 1.29 is 14.1 Å². The highest BCUT2D eigenvalue weighted by molar-refractivity contribution is 5.84. The van der Waals surface area contributed by atoms with Crippen LogP contribution in [0.15, 0.2) is 34.9 Å². The van der Waals surface area contributed by atoms with Crippen LogP contribution in [0, 0.1) is 0 Å². The van der Waals surface area contributed by atoms with Gasteiger partial charge in [-0.2, -0.15) is 4.98 Å². The second-order valence-electron chi connectivity index (χ2n) is 6.79. The number of hydrogen-bond acceptors (Lipinski definition) is 6. The number of amides is 2. The summed E-state index contributed by atoms with van der Waals surface area (Å²) in [5.74, 6) is 1.06. The van der Waals surface area contributed by atoms with Crippen molar-refractivity contribution in [2.24, 2.45) is 0 Å². The maximum atomic E-state index is 12.3. The number of piperazine rings is 1. The molecule has 1 aliphatic rings. The van der Waals surface area contributed by atoms with E-state index in [9.17, 15) is 9.59 Å². The van der Waals surface area contributed by atoms with Gasteiger partial charge in [-0.25, -0.2) is 0 Å². The average Bonchev–Trinajstić information content (AvgIpc) is 3.21. The maximum Gasteiger partial charge on any atom is 0.242 e. The first-order chi connectivity index (χ1) is 13.7. The highest BCUT2D eigenvalue weighted by Gasteiger charge is 2.21. The van der Waals surface area contributed by atoms with Crippen molar-refractivity contribution in [3.8, 4) is 0 Å². The molecule has 1 N–H and O–H groups in total. The van der Waals surface area contributed by atoms with Crippen LogP contribution in [0.3, 0.4) is 0 Å². The Labute approximate surface area is 164 Å². The molecule has 1 aliphatic heterocycles. The van der Waals surface area contributed by atoms with Gasteiger partial charge >= 0.3 is 0 Å². The molecule has 0 spiro atoms. The smallest absolute Gasteiger partial charge is 0.242 e. The number of aromatic nitrogens is 2. The molecule has 150 valence electrons. The summed E-state index contributed by atoms with van der Waals surface area (Å²) in [4.78, 5) is 32.6. The van der Waals surface area contributed by atoms with E-state index in [2.05, 4.69) is 32.5 Å². The monoisotopic (exact) mass is 385 g/mol. The molecule has 1 aromatic heterocycles. The summed E-state index contributed by atoms with van der Waals surface area (Å²) >= 11 is 0. The summed E-state index contributed by atoms with van der Waals surface area (Å²) in [5.41, 5.74) is 1.18. The second-order valence-corrected chi connectivity index (χ2v) is 6.79. The van der Waals surface area contributed by atoms with E-state index in [-0.39, 0.29) is 18.4 Å². The van der Waals surface area contributed by atoms with Crippen LogP contribution in [0.2, 0.25) is 0 Å². The molecule has 0 unspecified atom stereocenters. The van der Waals surface area contributed by atoms with Crippen molar-refractivity contribution in [3.05, 3.63) is 42.0 Å². The van der Waals surface area contributed by atoms with Gasteiger partial charge in [0.05, 0.1) is 6.54 Å². The third-order valence-corrected chi connectivity index (χ3v) is 4.81. The van der Waals surface area contributed by atoms with Crippen LogP contribution in [-0.4, -0.2) is 59.6 Å². The number of nitrogens with zero attached hydrogens (tertiary/aromatic N) is 4. The molecular formula is C20H27N5O3. The van der Waals surface area contributed by atoms with Crippen LogP contribution in [0.25, 0.3) is 0 Å². The largest absolute Gasteiger partial charge is 0.368 e. The van der Waals surface area contributed by atoms with E-state index < -0.39 is 0 Å². The van der Waals surface area contributed by atoms with Crippen molar-refractivity contribution >= 4 is 17.5 Å². The molecule has 2 aromatic rings. The first kappa shape index (κ1) is 19.9. The van der Waals surface area contributed by atoms with Crippen molar-refractivity contribution in [2.45, 2.75) is 32.6 Å². The predicted molar refractivity (Wildman–Crippen MR) is 105 cm³/mol.